The number of hydrogen-bond donors (Lipinski definition) is 2. The van der Waals surface area contributed by atoms with Crippen molar-refractivity contribution < 1.29 is 5.11 Å². The summed E-state index contributed by atoms with van der Waals surface area (Å²) in [6.45, 7) is 1.77. The van der Waals surface area contributed by atoms with Gasteiger partial charge in [-0.3, -0.25) is 5.84 Å². The van der Waals surface area contributed by atoms with Crippen molar-refractivity contribution in [2.75, 3.05) is 13.1 Å². The zero-order chi connectivity index (χ0) is 9.26. The summed E-state index contributed by atoms with van der Waals surface area (Å²) >= 11 is 0. The highest BCUT2D eigenvalue weighted by atomic mass is 16.3. The second kappa shape index (κ2) is 3.36. The van der Waals surface area contributed by atoms with Gasteiger partial charge in [-0.15, -0.1) is 0 Å². The average molecular weight is 178 g/mol. The summed E-state index contributed by atoms with van der Waals surface area (Å²) in [6, 6.07) is 5.57. The van der Waals surface area contributed by atoms with Crippen molar-refractivity contribution in [1.29, 1.82) is 0 Å². The fourth-order valence-corrected chi connectivity index (χ4v) is 1.73. The van der Waals surface area contributed by atoms with Crippen molar-refractivity contribution in [2.45, 2.75) is 12.8 Å². The van der Waals surface area contributed by atoms with Crippen LogP contribution in [0.25, 0.3) is 0 Å². The van der Waals surface area contributed by atoms with Crippen LogP contribution in [-0.2, 0) is 12.8 Å². The van der Waals surface area contributed by atoms with Crippen molar-refractivity contribution in [2.24, 2.45) is 5.84 Å². The number of nitrogens with zero attached hydrogens (tertiary/aromatic N) is 1. The minimum atomic E-state index is 0.351. The van der Waals surface area contributed by atoms with Crippen LogP contribution < -0.4 is 5.84 Å². The lowest BCUT2D eigenvalue weighted by Crippen LogP contribution is -2.33. The Kier molecular flexibility index (Phi) is 2.20. The van der Waals surface area contributed by atoms with E-state index in [1.165, 1.54) is 11.1 Å². The Morgan fingerprint density at radius 2 is 1.85 bits per heavy atom. The number of fused-ring (bicyclic) bond motifs is 1. The molecule has 0 saturated carbocycles. The van der Waals surface area contributed by atoms with E-state index in [-0.39, 0.29) is 0 Å². The van der Waals surface area contributed by atoms with Gasteiger partial charge in [0.2, 0.25) is 0 Å². The van der Waals surface area contributed by atoms with Crippen molar-refractivity contribution >= 4 is 0 Å². The summed E-state index contributed by atoms with van der Waals surface area (Å²) in [6.07, 6.45) is 1.91. The maximum absolute atomic E-state index is 9.30. The fourth-order valence-electron chi connectivity index (χ4n) is 1.73. The Hall–Kier alpha value is -1.06. The first kappa shape index (κ1) is 8.53. The van der Waals surface area contributed by atoms with Gasteiger partial charge in [-0.05, 0) is 36.1 Å². The van der Waals surface area contributed by atoms with Crippen molar-refractivity contribution in [1.82, 2.24) is 5.01 Å². The molecular formula is C10H14N2O. The lowest BCUT2D eigenvalue weighted by molar-refractivity contribution is 0.298. The Bertz CT molecular complexity index is 312. The van der Waals surface area contributed by atoms with Crippen molar-refractivity contribution in [3.05, 3.63) is 29.3 Å². The zero-order valence-electron chi connectivity index (χ0n) is 7.53. The van der Waals surface area contributed by atoms with Gasteiger partial charge in [0.05, 0.1) is 0 Å². The highest BCUT2D eigenvalue weighted by molar-refractivity contribution is 5.35. The molecule has 3 N–H and O–H groups in total. The molecule has 1 aromatic rings. The molecule has 0 atom stereocenters. The molecule has 0 amide bonds. The number of nitrogens with two attached hydrogens (primary N) is 1. The molecule has 0 bridgehead atoms. The van der Waals surface area contributed by atoms with E-state index in [4.69, 9.17) is 5.84 Å². The van der Waals surface area contributed by atoms with Gasteiger partial charge in [-0.25, -0.2) is 5.01 Å². The Morgan fingerprint density at radius 3 is 2.62 bits per heavy atom. The summed E-state index contributed by atoms with van der Waals surface area (Å²) in [5.74, 6) is 6.07. The minimum Gasteiger partial charge on any atom is -0.508 e. The van der Waals surface area contributed by atoms with Crippen LogP contribution in [0.2, 0.25) is 0 Å². The number of phenolic OH excluding ortho intramolecular Hbond substituents is 1. The van der Waals surface area contributed by atoms with E-state index in [2.05, 4.69) is 0 Å². The van der Waals surface area contributed by atoms with Gasteiger partial charge < -0.3 is 5.11 Å². The number of phenols is 1. The second-order valence-corrected chi connectivity index (χ2v) is 3.49. The van der Waals surface area contributed by atoms with Gasteiger partial charge in [0, 0.05) is 13.1 Å². The van der Waals surface area contributed by atoms with Crippen molar-refractivity contribution in [3.8, 4) is 5.75 Å². The quantitative estimate of drug-likeness (QED) is 0.574. The van der Waals surface area contributed by atoms with E-state index in [1.807, 2.05) is 17.1 Å². The van der Waals surface area contributed by atoms with Gasteiger partial charge in [0.15, 0.2) is 0 Å². The number of benzene rings is 1. The Balaban J connectivity index is 2.30. The lowest BCUT2D eigenvalue weighted by Gasteiger charge is -2.10. The third-order valence-electron chi connectivity index (χ3n) is 2.53. The molecule has 0 radical (unpaired) electrons. The van der Waals surface area contributed by atoms with Gasteiger partial charge >= 0.3 is 0 Å². The molecule has 70 valence electrons. The molecule has 1 heterocycles. The maximum Gasteiger partial charge on any atom is 0.115 e. The van der Waals surface area contributed by atoms with Gasteiger partial charge in [-0.2, -0.15) is 0 Å². The van der Waals surface area contributed by atoms with Crippen LogP contribution in [0.1, 0.15) is 11.1 Å². The van der Waals surface area contributed by atoms with Crippen LogP contribution in [0.3, 0.4) is 0 Å². The lowest BCUT2D eigenvalue weighted by atomic mass is 10.0. The van der Waals surface area contributed by atoms with E-state index in [1.54, 1.807) is 6.07 Å². The summed E-state index contributed by atoms with van der Waals surface area (Å²) in [7, 11) is 0. The Morgan fingerprint density at radius 1 is 1.15 bits per heavy atom. The molecule has 1 aliphatic rings. The molecule has 0 aromatic heterocycles. The van der Waals surface area contributed by atoms with E-state index >= 15 is 0 Å². The highest BCUT2D eigenvalue weighted by Crippen LogP contribution is 2.19. The van der Waals surface area contributed by atoms with Crippen LogP contribution in [-0.4, -0.2) is 23.2 Å². The third-order valence-corrected chi connectivity index (χ3v) is 2.53. The first-order valence-corrected chi connectivity index (χ1v) is 4.56. The molecule has 13 heavy (non-hydrogen) atoms. The van der Waals surface area contributed by atoms with E-state index in [9.17, 15) is 5.11 Å². The number of aromatic hydroxyl groups is 1. The molecular weight excluding hydrogens is 164 g/mol. The number of rotatable bonds is 0. The van der Waals surface area contributed by atoms with Gasteiger partial charge in [-0.1, -0.05) is 6.07 Å². The first-order valence-electron chi connectivity index (χ1n) is 4.56. The average Bonchev–Trinajstić information content (AvgIpc) is 2.29. The van der Waals surface area contributed by atoms with E-state index < -0.39 is 0 Å². The minimum absolute atomic E-state index is 0.351. The van der Waals surface area contributed by atoms with E-state index in [0.717, 1.165) is 25.9 Å². The predicted molar refractivity (Wildman–Crippen MR) is 51.3 cm³/mol. The van der Waals surface area contributed by atoms with Crippen LogP contribution in [0.15, 0.2) is 18.2 Å². The molecule has 0 spiro atoms. The third kappa shape index (κ3) is 1.82. The molecule has 0 aliphatic carbocycles. The summed E-state index contributed by atoms with van der Waals surface area (Å²) in [5, 5.41) is 11.1. The smallest absolute Gasteiger partial charge is 0.115 e. The van der Waals surface area contributed by atoms with Crippen molar-refractivity contribution in [3.63, 3.8) is 0 Å². The molecule has 0 unspecified atom stereocenters. The molecule has 0 fully saturated rings. The second-order valence-electron chi connectivity index (χ2n) is 3.49. The highest BCUT2D eigenvalue weighted by Gasteiger charge is 2.11. The molecule has 3 nitrogen and oxygen atoms in total. The largest absolute Gasteiger partial charge is 0.508 e. The molecule has 1 aliphatic heterocycles. The summed E-state index contributed by atoms with van der Waals surface area (Å²) in [5.41, 5.74) is 2.54. The monoisotopic (exact) mass is 178 g/mol. The molecule has 3 heteroatoms. The molecule has 2 rings (SSSR count). The first-order chi connectivity index (χ1) is 6.25. The normalized spacial score (nSPS) is 17.9. The van der Waals surface area contributed by atoms with Gasteiger partial charge in [0.1, 0.15) is 5.75 Å². The standard InChI is InChI=1S/C10H14N2O/c11-12-5-3-8-1-2-10(13)7-9(8)4-6-12/h1-2,7,13H,3-6,11H2. The summed E-state index contributed by atoms with van der Waals surface area (Å²) in [4.78, 5) is 0. The van der Waals surface area contributed by atoms with Crippen LogP contribution in [0, 0.1) is 0 Å². The molecule has 0 saturated heterocycles. The molecule has 1 aromatic carbocycles. The predicted octanol–water partition coefficient (Wildman–Crippen LogP) is 0.666. The SMILES string of the molecule is NN1CCc2ccc(O)cc2CC1. The topological polar surface area (TPSA) is 49.5 Å². The van der Waals surface area contributed by atoms with E-state index in [0.29, 0.717) is 5.75 Å². The zero-order valence-corrected chi connectivity index (χ0v) is 7.53. The van der Waals surface area contributed by atoms with Crippen LogP contribution >= 0.6 is 0 Å². The summed E-state index contributed by atoms with van der Waals surface area (Å²) < 4.78 is 0. The van der Waals surface area contributed by atoms with Crippen LogP contribution in [0.4, 0.5) is 0 Å². The number of hydrogen-bond acceptors (Lipinski definition) is 3. The number of hydrazine groups is 1. The Labute approximate surface area is 77.7 Å². The fraction of sp³-hybridized carbons (Fsp3) is 0.400. The van der Waals surface area contributed by atoms with Gasteiger partial charge in [0.25, 0.3) is 0 Å². The van der Waals surface area contributed by atoms with Crippen LogP contribution in [0.5, 0.6) is 5.75 Å². The maximum atomic E-state index is 9.30.